The number of aromatic hydroxyl groups is 1. The summed E-state index contributed by atoms with van der Waals surface area (Å²) in [6.45, 7) is 2.28. The van der Waals surface area contributed by atoms with E-state index in [0.717, 1.165) is 18.6 Å². The average molecular weight is 477 g/mol. The number of carbonyl (C=O) groups excluding carboxylic acids is 1. The zero-order valence-corrected chi connectivity index (χ0v) is 21.7. The van der Waals surface area contributed by atoms with Gasteiger partial charge < -0.3 is 10.8 Å². The molecule has 0 radical (unpaired) electrons. The van der Waals surface area contributed by atoms with Crippen molar-refractivity contribution in [3.05, 3.63) is 29.8 Å². The summed E-state index contributed by atoms with van der Waals surface area (Å²) >= 11 is 1.79. The van der Waals surface area contributed by atoms with Crippen molar-refractivity contribution < 1.29 is 9.90 Å². The Kier molecular flexibility index (Phi) is 14.7. The van der Waals surface area contributed by atoms with Crippen molar-refractivity contribution in [1.29, 1.82) is 0 Å². The number of hydrogen-bond donors (Lipinski definition) is 3. The van der Waals surface area contributed by atoms with Crippen LogP contribution in [0.15, 0.2) is 24.3 Å². The summed E-state index contributed by atoms with van der Waals surface area (Å²) in [5.74, 6) is 1.23. The summed E-state index contributed by atoms with van der Waals surface area (Å²) in [5.41, 5.74) is 6.67. The molecule has 1 amide bonds. The van der Waals surface area contributed by atoms with Gasteiger partial charge in [0.15, 0.2) is 0 Å². The van der Waals surface area contributed by atoms with E-state index in [-0.39, 0.29) is 17.3 Å². The first-order chi connectivity index (χ1) is 16.1. The molecule has 0 aromatic heterocycles. The molecule has 1 aliphatic heterocycles. The van der Waals surface area contributed by atoms with Gasteiger partial charge in [-0.1, -0.05) is 109 Å². The highest BCUT2D eigenvalue weighted by Gasteiger charge is 2.30. The molecule has 4 nitrogen and oxygen atoms in total. The van der Waals surface area contributed by atoms with Gasteiger partial charge in [-0.3, -0.25) is 10.1 Å². The van der Waals surface area contributed by atoms with Crippen LogP contribution in [-0.4, -0.2) is 28.2 Å². The minimum atomic E-state index is -0.258. The van der Waals surface area contributed by atoms with E-state index in [1.165, 1.54) is 95.5 Å². The molecule has 1 aliphatic rings. The molecular weight excluding hydrogens is 428 g/mol. The fraction of sp³-hybridized carbons (Fsp3) is 0.750. The predicted octanol–water partition coefficient (Wildman–Crippen LogP) is 7.25. The Morgan fingerprint density at radius 3 is 2.09 bits per heavy atom. The maximum Gasteiger partial charge on any atom is 0.235 e. The lowest BCUT2D eigenvalue weighted by Crippen LogP contribution is -2.41. The van der Waals surface area contributed by atoms with E-state index in [1.54, 1.807) is 17.8 Å². The van der Waals surface area contributed by atoms with Crippen LogP contribution < -0.4 is 11.1 Å². The maximum absolute atomic E-state index is 11.5. The maximum atomic E-state index is 11.5. The second kappa shape index (κ2) is 17.3. The van der Waals surface area contributed by atoms with Gasteiger partial charge in [0.05, 0.1) is 11.4 Å². The monoisotopic (exact) mass is 476 g/mol. The van der Waals surface area contributed by atoms with Crippen molar-refractivity contribution in [3.8, 4) is 5.75 Å². The summed E-state index contributed by atoms with van der Waals surface area (Å²) in [6.07, 6.45) is 21.3. The molecule has 4 N–H and O–H groups in total. The van der Waals surface area contributed by atoms with Crippen molar-refractivity contribution in [2.24, 2.45) is 5.73 Å². The van der Waals surface area contributed by atoms with E-state index in [1.807, 2.05) is 12.1 Å². The average Bonchev–Trinajstić information content (AvgIpc) is 3.27. The Bertz CT molecular complexity index is 655. The van der Waals surface area contributed by atoms with Gasteiger partial charge in [0.2, 0.25) is 5.91 Å². The Labute approximate surface area is 206 Å². The third-order valence-electron chi connectivity index (χ3n) is 6.94. The standard InChI is InChI=1S/C28H48N2O2S/c1-2-3-4-5-6-7-8-9-10-11-12-13-14-15-17-24(23-18-16-19-25(31)20-23)21-27-30-26(22-33-27)28(29)32/h16,18-20,24,26-27,30-31H,2-15,17,21-22H2,1H3,(H2,29,32). The fourth-order valence-corrected chi connectivity index (χ4v) is 6.19. The van der Waals surface area contributed by atoms with E-state index in [0.29, 0.717) is 11.7 Å². The van der Waals surface area contributed by atoms with Gasteiger partial charge in [0, 0.05) is 5.75 Å². The fourth-order valence-electron chi connectivity index (χ4n) is 4.88. The van der Waals surface area contributed by atoms with Gasteiger partial charge in [0.25, 0.3) is 0 Å². The molecule has 1 fully saturated rings. The van der Waals surface area contributed by atoms with Gasteiger partial charge in [-0.25, -0.2) is 0 Å². The van der Waals surface area contributed by atoms with Crippen LogP contribution in [0.4, 0.5) is 0 Å². The van der Waals surface area contributed by atoms with Crippen LogP contribution in [0, 0.1) is 0 Å². The number of phenols is 1. The van der Waals surface area contributed by atoms with Crippen LogP contribution in [0.25, 0.3) is 0 Å². The number of carbonyl (C=O) groups is 1. The number of primary amides is 1. The third-order valence-corrected chi connectivity index (χ3v) is 8.20. The molecule has 1 aromatic carbocycles. The van der Waals surface area contributed by atoms with Gasteiger partial charge in [-0.15, -0.1) is 11.8 Å². The number of benzene rings is 1. The molecule has 0 aliphatic carbocycles. The Morgan fingerprint density at radius 2 is 1.58 bits per heavy atom. The first kappa shape index (κ1) is 28.0. The second-order valence-corrected chi connectivity index (χ2v) is 11.1. The SMILES string of the molecule is CCCCCCCCCCCCCCCCC(CC1NC(C(N)=O)CS1)c1cccc(O)c1. The highest BCUT2D eigenvalue weighted by molar-refractivity contribution is 8.00. The molecule has 0 spiro atoms. The number of nitrogens with two attached hydrogens (primary N) is 1. The van der Waals surface area contributed by atoms with Crippen LogP contribution in [0.1, 0.15) is 121 Å². The van der Waals surface area contributed by atoms with E-state index < -0.39 is 0 Å². The second-order valence-electron chi connectivity index (χ2n) is 9.86. The van der Waals surface area contributed by atoms with Crippen molar-refractivity contribution in [3.63, 3.8) is 0 Å². The summed E-state index contributed by atoms with van der Waals surface area (Å²) in [6, 6.07) is 7.48. The van der Waals surface area contributed by atoms with Crippen LogP contribution in [0.2, 0.25) is 0 Å². The van der Waals surface area contributed by atoms with Crippen LogP contribution >= 0.6 is 11.8 Å². The van der Waals surface area contributed by atoms with Crippen molar-refractivity contribution >= 4 is 17.7 Å². The Morgan fingerprint density at radius 1 is 1.00 bits per heavy atom. The van der Waals surface area contributed by atoms with Gasteiger partial charge in [-0.2, -0.15) is 0 Å². The third kappa shape index (κ3) is 12.2. The number of thioether (sulfide) groups is 1. The number of rotatable bonds is 19. The number of amides is 1. The molecule has 1 heterocycles. The topological polar surface area (TPSA) is 75.3 Å². The Balaban J connectivity index is 1.59. The quantitative estimate of drug-likeness (QED) is 0.184. The number of nitrogens with one attached hydrogen (secondary N) is 1. The summed E-state index contributed by atoms with van der Waals surface area (Å²) < 4.78 is 0. The first-order valence-electron chi connectivity index (χ1n) is 13.6. The summed E-state index contributed by atoms with van der Waals surface area (Å²) in [4.78, 5) is 11.5. The molecular formula is C28H48N2O2S. The van der Waals surface area contributed by atoms with Crippen LogP contribution in [-0.2, 0) is 4.79 Å². The first-order valence-corrected chi connectivity index (χ1v) is 14.6. The smallest absolute Gasteiger partial charge is 0.235 e. The highest BCUT2D eigenvalue weighted by Crippen LogP contribution is 2.34. The minimum Gasteiger partial charge on any atom is -0.508 e. The lowest BCUT2D eigenvalue weighted by Gasteiger charge is -2.22. The zero-order valence-electron chi connectivity index (χ0n) is 20.9. The van der Waals surface area contributed by atoms with E-state index in [2.05, 4.69) is 18.3 Å². The number of phenolic OH excluding ortho intramolecular Hbond substituents is 1. The van der Waals surface area contributed by atoms with Crippen molar-refractivity contribution in [1.82, 2.24) is 5.32 Å². The molecule has 33 heavy (non-hydrogen) atoms. The molecule has 1 aromatic rings. The summed E-state index contributed by atoms with van der Waals surface area (Å²) in [7, 11) is 0. The van der Waals surface area contributed by atoms with E-state index in [9.17, 15) is 9.90 Å². The largest absolute Gasteiger partial charge is 0.508 e. The lowest BCUT2D eigenvalue weighted by atomic mass is 9.89. The molecule has 2 rings (SSSR count). The molecule has 0 saturated carbocycles. The van der Waals surface area contributed by atoms with Gasteiger partial charge in [0.1, 0.15) is 5.75 Å². The molecule has 1 saturated heterocycles. The number of unbranched alkanes of at least 4 members (excludes halogenated alkanes) is 13. The van der Waals surface area contributed by atoms with Gasteiger partial charge >= 0.3 is 0 Å². The molecule has 5 heteroatoms. The molecule has 3 atom stereocenters. The lowest BCUT2D eigenvalue weighted by molar-refractivity contribution is -0.119. The van der Waals surface area contributed by atoms with Crippen molar-refractivity contribution in [2.45, 2.75) is 127 Å². The minimum absolute atomic E-state index is 0.217. The van der Waals surface area contributed by atoms with Crippen molar-refractivity contribution in [2.75, 3.05) is 5.75 Å². The predicted molar refractivity (Wildman–Crippen MR) is 143 cm³/mol. The molecule has 3 unspecified atom stereocenters. The Hall–Kier alpha value is -1.20. The molecule has 0 bridgehead atoms. The highest BCUT2D eigenvalue weighted by atomic mass is 32.2. The van der Waals surface area contributed by atoms with E-state index >= 15 is 0 Å². The molecule has 188 valence electrons. The zero-order chi connectivity index (χ0) is 23.7. The number of hydrogen-bond acceptors (Lipinski definition) is 4. The summed E-state index contributed by atoms with van der Waals surface area (Å²) in [5, 5.41) is 13.6. The van der Waals surface area contributed by atoms with Crippen LogP contribution in [0.3, 0.4) is 0 Å². The van der Waals surface area contributed by atoms with E-state index in [4.69, 9.17) is 5.73 Å². The van der Waals surface area contributed by atoms with Crippen LogP contribution in [0.5, 0.6) is 5.75 Å². The normalized spacial score (nSPS) is 19.1. The van der Waals surface area contributed by atoms with Gasteiger partial charge in [-0.05, 0) is 36.5 Å².